The summed E-state index contributed by atoms with van der Waals surface area (Å²) < 4.78 is 1.18. The lowest BCUT2D eigenvalue weighted by molar-refractivity contribution is 0.301. The predicted molar refractivity (Wildman–Crippen MR) is 61.5 cm³/mol. The van der Waals surface area contributed by atoms with Crippen molar-refractivity contribution in [2.24, 2.45) is 0 Å². The number of nitrogens with one attached hydrogen (secondary N) is 1. The van der Waals surface area contributed by atoms with Gasteiger partial charge >= 0.3 is 0 Å². The van der Waals surface area contributed by atoms with Crippen LogP contribution in [0.15, 0.2) is 28.7 Å². The van der Waals surface area contributed by atoms with Crippen LogP contribution in [0.25, 0.3) is 0 Å². The molecular weight excluding hydrogens is 238 g/mol. The maximum atomic E-state index is 3.55. The van der Waals surface area contributed by atoms with Crippen LogP contribution >= 0.6 is 15.9 Å². The highest BCUT2D eigenvalue weighted by molar-refractivity contribution is 9.10. The first-order valence-electron chi connectivity index (χ1n) is 5.31. The average Bonchev–Trinajstić information content (AvgIpc) is 2.84. The zero-order valence-electron chi connectivity index (χ0n) is 8.09. The summed E-state index contributed by atoms with van der Waals surface area (Å²) in [7, 11) is 0. The summed E-state index contributed by atoms with van der Waals surface area (Å²) in [5.74, 6) is 0. The molecule has 74 valence electrons. The molecule has 1 saturated heterocycles. The number of rotatable bonds is 2. The summed E-state index contributed by atoms with van der Waals surface area (Å²) in [4.78, 5) is 0. The second kappa shape index (κ2) is 3.07. The van der Waals surface area contributed by atoms with Crippen LogP contribution in [0.1, 0.15) is 24.8 Å². The molecule has 1 unspecified atom stereocenters. The Kier molecular flexibility index (Phi) is 1.96. The zero-order chi connectivity index (χ0) is 9.60. The summed E-state index contributed by atoms with van der Waals surface area (Å²) in [6, 6.07) is 9.62. The van der Waals surface area contributed by atoms with Gasteiger partial charge in [0.1, 0.15) is 0 Å². The van der Waals surface area contributed by atoms with E-state index in [9.17, 15) is 0 Å². The summed E-state index contributed by atoms with van der Waals surface area (Å²) in [5.41, 5.74) is 2.02. The lowest BCUT2D eigenvalue weighted by atomic mass is 9.83. The van der Waals surface area contributed by atoms with E-state index in [-0.39, 0.29) is 0 Å². The van der Waals surface area contributed by atoms with Crippen molar-refractivity contribution in [3.63, 3.8) is 0 Å². The summed E-state index contributed by atoms with van der Waals surface area (Å²) in [5, 5.41) is 3.55. The molecule has 2 heteroatoms. The minimum Gasteiger partial charge on any atom is -0.313 e. The van der Waals surface area contributed by atoms with Gasteiger partial charge in [0.15, 0.2) is 0 Å². The standard InChI is InChI=1S/C12H14BrN/c13-10-3-1-9(2-4-10)12(6-7-12)11-5-8-14-11/h1-4,11,14H,5-8H2. The molecule has 1 N–H and O–H groups in total. The molecule has 1 aliphatic heterocycles. The lowest BCUT2D eigenvalue weighted by Crippen LogP contribution is -2.50. The number of hydrogen-bond acceptors (Lipinski definition) is 1. The van der Waals surface area contributed by atoms with E-state index in [0.717, 1.165) is 6.04 Å². The maximum absolute atomic E-state index is 3.55. The molecule has 2 aliphatic rings. The average molecular weight is 252 g/mol. The van der Waals surface area contributed by atoms with Gasteiger partial charge in [0, 0.05) is 15.9 Å². The third-order valence-corrected chi connectivity index (χ3v) is 4.23. The van der Waals surface area contributed by atoms with Gasteiger partial charge < -0.3 is 5.32 Å². The SMILES string of the molecule is Brc1ccc(C2(C3CCN3)CC2)cc1. The van der Waals surface area contributed by atoms with E-state index in [1.807, 2.05) is 0 Å². The molecule has 1 aromatic rings. The van der Waals surface area contributed by atoms with Gasteiger partial charge in [-0.2, -0.15) is 0 Å². The molecule has 1 heterocycles. The fourth-order valence-corrected chi connectivity index (χ4v) is 2.78. The molecule has 1 nitrogen and oxygen atoms in total. The van der Waals surface area contributed by atoms with Gasteiger partial charge in [-0.1, -0.05) is 28.1 Å². The van der Waals surface area contributed by atoms with Crippen molar-refractivity contribution in [2.75, 3.05) is 6.54 Å². The van der Waals surface area contributed by atoms with Gasteiger partial charge in [0.25, 0.3) is 0 Å². The van der Waals surface area contributed by atoms with E-state index in [0.29, 0.717) is 5.41 Å². The van der Waals surface area contributed by atoms with Crippen LogP contribution < -0.4 is 5.32 Å². The Hall–Kier alpha value is -0.340. The van der Waals surface area contributed by atoms with Crippen molar-refractivity contribution in [1.29, 1.82) is 0 Å². The van der Waals surface area contributed by atoms with Crippen LogP contribution in [-0.2, 0) is 5.41 Å². The fourth-order valence-electron chi connectivity index (χ4n) is 2.52. The lowest BCUT2D eigenvalue weighted by Gasteiger charge is -2.36. The Morgan fingerprint density at radius 1 is 1.21 bits per heavy atom. The Morgan fingerprint density at radius 3 is 2.29 bits per heavy atom. The molecule has 1 aliphatic carbocycles. The Morgan fingerprint density at radius 2 is 1.86 bits per heavy atom. The molecule has 14 heavy (non-hydrogen) atoms. The van der Waals surface area contributed by atoms with Crippen molar-refractivity contribution in [1.82, 2.24) is 5.32 Å². The van der Waals surface area contributed by atoms with Gasteiger partial charge in [-0.15, -0.1) is 0 Å². The molecule has 0 spiro atoms. The first-order chi connectivity index (χ1) is 6.81. The summed E-state index contributed by atoms with van der Waals surface area (Å²) >= 11 is 3.49. The minimum atomic E-state index is 0.499. The molecule has 3 rings (SSSR count). The van der Waals surface area contributed by atoms with Crippen LogP contribution in [-0.4, -0.2) is 12.6 Å². The number of hydrogen-bond donors (Lipinski definition) is 1. The fraction of sp³-hybridized carbons (Fsp3) is 0.500. The van der Waals surface area contributed by atoms with E-state index in [1.54, 1.807) is 0 Å². The summed E-state index contributed by atoms with van der Waals surface area (Å²) in [6.07, 6.45) is 4.09. The number of halogens is 1. The van der Waals surface area contributed by atoms with Gasteiger partial charge in [-0.25, -0.2) is 0 Å². The van der Waals surface area contributed by atoms with Crippen LogP contribution in [0.5, 0.6) is 0 Å². The molecule has 1 atom stereocenters. The normalized spacial score (nSPS) is 28.2. The molecule has 1 aromatic carbocycles. The quantitative estimate of drug-likeness (QED) is 0.853. The smallest absolute Gasteiger partial charge is 0.0176 e. The van der Waals surface area contributed by atoms with Crippen molar-refractivity contribution in [3.8, 4) is 0 Å². The molecular formula is C12H14BrN. The van der Waals surface area contributed by atoms with E-state index in [4.69, 9.17) is 0 Å². The second-order valence-corrected chi connectivity index (χ2v) is 5.37. The van der Waals surface area contributed by atoms with E-state index < -0.39 is 0 Å². The third kappa shape index (κ3) is 1.24. The van der Waals surface area contributed by atoms with E-state index >= 15 is 0 Å². The third-order valence-electron chi connectivity index (χ3n) is 3.70. The maximum Gasteiger partial charge on any atom is 0.0176 e. The largest absolute Gasteiger partial charge is 0.313 e. The highest BCUT2D eigenvalue weighted by Gasteiger charge is 2.52. The molecule has 0 radical (unpaired) electrons. The van der Waals surface area contributed by atoms with Crippen molar-refractivity contribution >= 4 is 15.9 Å². The molecule has 0 aromatic heterocycles. The van der Waals surface area contributed by atoms with Crippen molar-refractivity contribution < 1.29 is 0 Å². The van der Waals surface area contributed by atoms with Crippen LogP contribution in [0.4, 0.5) is 0 Å². The van der Waals surface area contributed by atoms with Gasteiger partial charge in [0.2, 0.25) is 0 Å². The van der Waals surface area contributed by atoms with Gasteiger partial charge in [-0.05, 0) is 43.5 Å². The minimum absolute atomic E-state index is 0.499. The van der Waals surface area contributed by atoms with E-state index in [1.165, 1.54) is 35.8 Å². The van der Waals surface area contributed by atoms with Crippen molar-refractivity contribution in [3.05, 3.63) is 34.3 Å². The topological polar surface area (TPSA) is 12.0 Å². The first kappa shape index (κ1) is 8.93. The molecule has 1 saturated carbocycles. The zero-order valence-corrected chi connectivity index (χ0v) is 9.68. The van der Waals surface area contributed by atoms with Crippen LogP contribution in [0, 0.1) is 0 Å². The molecule has 2 fully saturated rings. The van der Waals surface area contributed by atoms with Crippen LogP contribution in [0.3, 0.4) is 0 Å². The van der Waals surface area contributed by atoms with Crippen LogP contribution in [0.2, 0.25) is 0 Å². The Balaban J connectivity index is 1.90. The second-order valence-electron chi connectivity index (χ2n) is 4.46. The summed E-state index contributed by atoms with van der Waals surface area (Å²) in [6.45, 7) is 1.21. The Bertz CT molecular complexity index is 336. The van der Waals surface area contributed by atoms with Gasteiger partial charge in [-0.3, -0.25) is 0 Å². The highest BCUT2D eigenvalue weighted by atomic mass is 79.9. The number of benzene rings is 1. The monoisotopic (exact) mass is 251 g/mol. The Labute approximate surface area is 93.0 Å². The predicted octanol–water partition coefficient (Wildman–Crippen LogP) is 2.84. The van der Waals surface area contributed by atoms with E-state index in [2.05, 4.69) is 45.5 Å². The highest BCUT2D eigenvalue weighted by Crippen LogP contribution is 2.53. The van der Waals surface area contributed by atoms with Crippen molar-refractivity contribution in [2.45, 2.75) is 30.7 Å². The molecule has 0 amide bonds. The first-order valence-corrected chi connectivity index (χ1v) is 6.10. The molecule has 0 bridgehead atoms. The van der Waals surface area contributed by atoms with Gasteiger partial charge in [0.05, 0.1) is 0 Å².